The molecule has 3 fully saturated rings. The number of carboxylic acid groups (broad SMARTS) is 1. The molecule has 0 radical (unpaired) electrons. The van der Waals surface area contributed by atoms with Crippen LogP contribution in [0.2, 0.25) is 0 Å². The second-order valence-electron chi connectivity index (χ2n) is 7.70. The number of carbonyl (C=O) groups excluding carboxylic acids is 1. The first kappa shape index (κ1) is 21.6. The number of amides is 1. The fraction of sp³-hybridized carbons (Fsp3) is 0.684. The van der Waals surface area contributed by atoms with Crippen LogP contribution in [-0.4, -0.2) is 59.9 Å². The van der Waals surface area contributed by atoms with Gasteiger partial charge >= 0.3 is 12.1 Å². The van der Waals surface area contributed by atoms with Gasteiger partial charge in [-0.05, 0) is 43.7 Å². The maximum absolute atomic E-state index is 12.5. The summed E-state index contributed by atoms with van der Waals surface area (Å²) in [6.07, 6.45) is 1.48. The molecule has 10 heteroatoms. The number of aliphatic carboxylic acids is 1. The number of ether oxygens (including phenoxy) is 1. The predicted octanol–water partition coefficient (Wildman–Crippen LogP) is 2.42. The second kappa shape index (κ2) is 9.17. The molecule has 1 saturated carbocycles. The zero-order chi connectivity index (χ0) is 21.0. The average Bonchev–Trinajstić information content (AvgIpc) is 3.12. The van der Waals surface area contributed by atoms with E-state index in [-0.39, 0.29) is 17.9 Å². The lowest BCUT2D eigenvalue weighted by molar-refractivity contribution is -0.192. The van der Waals surface area contributed by atoms with Gasteiger partial charge in [0.15, 0.2) is 0 Å². The third-order valence-corrected chi connectivity index (χ3v) is 5.44. The first-order chi connectivity index (χ1) is 13.7. The summed E-state index contributed by atoms with van der Waals surface area (Å²) in [6, 6.07) is 4.27. The van der Waals surface area contributed by atoms with Crippen LogP contribution in [0.5, 0.6) is 0 Å². The molecule has 1 aliphatic carbocycles. The van der Waals surface area contributed by atoms with Crippen molar-refractivity contribution in [2.75, 3.05) is 19.7 Å². The summed E-state index contributed by atoms with van der Waals surface area (Å²) in [7, 11) is 0. The normalized spacial score (nSPS) is 26.9. The molecule has 0 unspecified atom stereocenters. The number of hydrogen-bond acceptors (Lipinski definition) is 5. The molecule has 1 amide bonds. The van der Waals surface area contributed by atoms with Crippen molar-refractivity contribution >= 4 is 11.9 Å². The van der Waals surface area contributed by atoms with Crippen LogP contribution in [0.3, 0.4) is 0 Å². The van der Waals surface area contributed by atoms with Gasteiger partial charge in [0.1, 0.15) is 5.76 Å². The van der Waals surface area contributed by atoms with E-state index in [1.54, 1.807) is 6.26 Å². The van der Waals surface area contributed by atoms with E-state index in [1.165, 1.54) is 12.8 Å². The van der Waals surface area contributed by atoms with Crippen LogP contribution in [0.4, 0.5) is 13.2 Å². The first-order valence-electron chi connectivity index (χ1n) is 9.70. The zero-order valence-electron chi connectivity index (χ0n) is 15.9. The molecule has 1 aromatic rings. The van der Waals surface area contributed by atoms with E-state index in [0.717, 1.165) is 44.2 Å². The summed E-state index contributed by atoms with van der Waals surface area (Å²) >= 11 is 0. The maximum Gasteiger partial charge on any atom is 0.490 e. The van der Waals surface area contributed by atoms with Gasteiger partial charge in [0, 0.05) is 25.7 Å². The van der Waals surface area contributed by atoms with Gasteiger partial charge in [-0.25, -0.2) is 4.79 Å². The Hall–Kier alpha value is -2.07. The summed E-state index contributed by atoms with van der Waals surface area (Å²) in [4.78, 5) is 23.9. The lowest BCUT2D eigenvalue weighted by atomic mass is 9.89. The number of halogens is 3. The van der Waals surface area contributed by atoms with E-state index in [9.17, 15) is 18.0 Å². The van der Waals surface area contributed by atoms with Gasteiger partial charge in [0.25, 0.3) is 0 Å². The largest absolute Gasteiger partial charge is 0.490 e. The van der Waals surface area contributed by atoms with Gasteiger partial charge in [-0.3, -0.25) is 9.69 Å². The number of likely N-dealkylation sites (tertiary alicyclic amines) is 1. The maximum atomic E-state index is 12.5. The molecule has 2 saturated heterocycles. The summed E-state index contributed by atoms with van der Waals surface area (Å²) in [5.74, 6) is -0.938. The van der Waals surface area contributed by atoms with Crippen LogP contribution < -0.4 is 5.32 Å². The van der Waals surface area contributed by atoms with Crippen LogP contribution >= 0.6 is 0 Å². The van der Waals surface area contributed by atoms with Gasteiger partial charge in [0.05, 0.1) is 24.8 Å². The van der Waals surface area contributed by atoms with E-state index in [0.29, 0.717) is 12.6 Å². The number of rotatable bonds is 5. The van der Waals surface area contributed by atoms with E-state index >= 15 is 0 Å². The van der Waals surface area contributed by atoms with Crippen molar-refractivity contribution < 1.29 is 37.0 Å². The first-order valence-corrected chi connectivity index (χ1v) is 9.70. The fourth-order valence-corrected chi connectivity index (χ4v) is 3.82. The van der Waals surface area contributed by atoms with Crippen molar-refractivity contribution in [2.45, 2.75) is 50.6 Å². The third-order valence-electron chi connectivity index (χ3n) is 5.44. The molecular formula is C19H25F3N2O5. The van der Waals surface area contributed by atoms with Gasteiger partial charge in [-0.15, -0.1) is 0 Å². The van der Waals surface area contributed by atoms with Crippen LogP contribution in [0, 0.1) is 11.8 Å². The number of hydrogen-bond donors (Lipinski definition) is 2. The van der Waals surface area contributed by atoms with Gasteiger partial charge in [0.2, 0.25) is 5.91 Å². The lowest BCUT2D eigenvalue weighted by Gasteiger charge is -2.40. The Kier molecular flexibility index (Phi) is 6.84. The lowest BCUT2D eigenvalue weighted by Crippen LogP contribution is -2.53. The number of nitrogens with one attached hydrogen (secondary N) is 1. The number of carboxylic acids is 1. The quantitative estimate of drug-likeness (QED) is 0.763. The van der Waals surface area contributed by atoms with Crippen LogP contribution in [0.1, 0.15) is 31.4 Å². The summed E-state index contributed by atoms with van der Waals surface area (Å²) < 4.78 is 42.9. The molecule has 0 bridgehead atoms. The van der Waals surface area contributed by atoms with Gasteiger partial charge in [-0.2, -0.15) is 13.2 Å². The molecule has 3 heterocycles. The Labute approximate surface area is 166 Å². The number of furan rings is 1. The molecule has 7 nitrogen and oxygen atoms in total. The highest BCUT2D eigenvalue weighted by atomic mass is 19.4. The minimum absolute atomic E-state index is 0.0352. The highest BCUT2D eigenvalue weighted by Gasteiger charge is 2.43. The summed E-state index contributed by atoms with van der Waals surface area (Å²) in [5.41, 5.74) is 0. The van der Waals surface area contributed by atoms with Crippen molar-refractivity contribution in [1.82, 2.24) is 10.2 Å². The van der Waals surface area contributed by atoms with E-state index in [1.807, 2.05) is 12.1 Å². The Morgan fingerprint density at radius 3 is 2.59 bits per heavy atom. The van der Waals surface area contributed by atoms with Crippen molar-refractivity contribution in [3.05, 3.63) is 24.2 Å². The monoisotopic (exact) mass is 418 g/mol. The molecule has 29 heavy (non-hydrogen) atoms. The van der Waals surface area contributed by atoms with Gasteiger partial charge < -0.3 is 19.6 Å². The van der Waals surface area contributed by atoms with Gasteiger partial charge in [-0.1, -0.05) is 0 Å². The average molecular weight is 418 g/mol. The number of carbonyl (C=O) groups is 2. The third kappa shape index (κ3) is 6.20. The van der Waals surface area contributed by atoms with E-state index in [4.69, 9.17) is 19.1 Å². The summed E-state index contributed by atoms with van der Waals surface area (Å²) in [6.45, 7) is 3.34. The molecule has 0 aromatic carbocycles. The van der Waals surface area contributed by atoms with Crippen LogP contribution in [0.15, 0.2) is 22.8 Å². The molecule has 2 N–H and O–H groups in total. The Morgan fingerprint density at radius 2 is 2.00 bits per heavy atom. The Balaban J connectivity index is 0.000000298. The smallest absolute Gasteiger partial charge is 0.475 e. The number of piperidine rings is 1. The minimum atomic E-state index is -5.08. The molecule has 2 aliphatic heterocycles. The zero-order valence-corrected chi connectivity index (χ0v) is 15.9. The molecule has 4 rings (SSSR count). The molecule has 0 spiro atoms. The summed E-state index contributed by atoms with van der Waals surface area (Å²) in [5, 5.41) is 10.1. The van der Waals surface area contributed by atoms with Crippen molar-refractivity contribution in [2.24, 2.45) is 11.8 Å². The molecule has 3 aliphatic rings. The SMILES string of the molecule is O=C(NCc1ccco1)[C@H]1C[C@H]2OCC[C@H]2N(CC2CC2)C1.O=C(O)C(F)(F)F. The van der Waals surface area contributed by atoms with Crippen molar-refractivity contribution in [3.8, 4) is 0 Å². The molecule has 1 aromatic heterocycles. The van der Waals surface area contributed by atoms with Crippen molar-refractivity contribution in [1.29, 1.82) is 0 Å². The molecule has 162 valence electrons. The second-order valence-corrected chi connectivity index (χ2v) is 7.70. The fourth-order valence-electron chi connectivity index (χ4n) is 3.82. The number of fused-ring (bicyclic) bond motifs is 1. The van der Waals surface area contributed by atoms with Crippen LogP contribution in [-0.2, 0) is 20.9 Å². The topological polar surface area (TPSA) is 92.0 Å². The molecule has 3 atom stereocenters. The van der Waals surface area contributed by atoms with Crippen LogP contribution in [0.25, 0.3) is 0 Å². The highest BCUT2D eigenvalue weighted by molar-refractivity contribution is 5.79. The van der Waals surface area contributed by atoms with Crippen molar-refractivity contribution in [3.63, 3.8) is 0 Å². The standard InChI is InChI=1S/C17H24N2O3.C2HF3O2/c20-17(18-9-14-2-1-6-21-14)13-8-16-15(5-7-22-16)19(11-13)10-12-3-4-12;3-2(4,5)1(6)7/h1-2,6,12-13,15-16H,3-5,7-11H2,(H,18,20);(H,6,7)/t13-,15+,16+;/m0./s1. The Morgan fingerprint density at radius 1 is 1.28 bits per heavy atom. The molecular weight excluding hydrogens is 393 g/mol. The highest BCUT2D eigenvalue weighted by Crippen LogP contribution is 2.36. The van der Waals surface area contributed by atoms with E-state index < -0.39 is 12.1 Å². The number of nitrogens with zero attached hydrogens (tertiary/aromatic N) is 1. The van der Waals surface area contributed by atoms with E-state index in [2.05, 4.69) is 10.2 Å². The number of alkyl halides is 3. The Bertz CT molecular complexity index is 691. The minimum Gasteiger partial charge on any atom is -0.475 e. The predicted molar refractivity (Wildman–Crippen MR) is 94.8 cm³/mol.